The quantitative estimate of drug-likeness (QED) is 0.898. The average Bonchev–Trinajstić information content (AvgIpc) is 3.28. The molecular formula is C17H20N2OS. The molecule has 1 aliphatic carbocycles. The maximum atomic E-state index is 5.94. The fraction of sp³-hybridized carbons (Fsp3) is 0.353. The summed E-state index contributed by atoms with van der Waals surface area (Å²) in [5, 5.41) is 0.915. The monoisotopic (exact) mass is 300 g/mol. The van der Waals surface area contributed by atoms with Crippen LogP contribution in [0.4, 0.5) is 5.69 Å². The predicted molar refractivity (Wildman–Crippen MR) is 86.9 cm³/mol. The Hall–Kier alpha value is -1.68. The van der Waals surface area contributed by atoms with Gasteiger partial charge in [0.25, 0.3) is 0 Å². The van der Waals surface area contributed by atoms with E-state index in [0.29, 0.717) is 17.5 Å². The molecular weight excluding hydrogens is 280 g/mol. The number of aromatic nitrogens is 1. The van der Waals surface area contributed by atoms with Crippen LogP contribution in [-0.4, -0.2) is 11.6 Å². The van der Waals surface area contributed by atoms with Crippen molar-refractivity contribution in [3.8, 4) is 5.88 Å². The highest BCUT2D eigenvalue weighted by molar-refractivity contribution is 7.99. The number of rotatable bonds is 5. The first-order valence-electron chi connectivity index (χ1n) is 7.26. The van der Waals surface area contributed by atoms with Gasteiger partial charge in [-0.1, -0.05) is 17.8 Å². The molecule has 1 aliphatic rings. The van der Waals surface area contributed by atoms with Crippen molar-refractivity contribution in [2.45, 2.75) is 36.6 Å². The van der Waals surface area contributed by atoms with Crippen LogP contribution in [0, 0.1) is 19.8 Å². The van der Waals surface area contributed by atoms with Crippen molar-refractivity contribution in [3.63, 3.8) is 0 Å². The lowest BCUT2D eigenvalue weighted by molar-refractivity contribution is 0.288. The Morgan fingerprint density at radius 1 is 1.19 bits per heavy atom. The lowest BCUT2D eigenvalue weighted by Crippen LogP contribution is -2.04. The molecule has 1 aromatic heterocycles. The highest BCUT2D eigenvalue weighted by atomic mass is 32.2. The second-order valence-electron chi connectivity index (χ2n) is 5.65. The molecule has 1 aromatic carbocycles. The van der Waals surface area contributed by atoms with E-state index in [9.17, 15) is 0 Å². The van der Waals surface area contributed by atoms with Gasteiger partial charge in [0.1, 0.15) is 5.03 Å². The van der Waals surface area contributed by atoms with Gasteiger partial charge in [0.05, 0.1) is 12.3 Å². The van der Waals surface area contributed by atoms with Crippen molar-refractivity contribution < 1.29 is 4.74 Å². The summed E-state index contributed by atoms with van der Waals surface area (Å²) >= 11 is 1.64. The summed E-state index contributed by atoms with van der Waals surface area (Å²) in [5.74, 6) is 1.26. The van der Waals surface area contributed by atoms with Crippen molar-refractivity contribution in [2.75, 3.05) is 12.3 Å². The number of nitrogens with zero attached hydrogens (tertiary/aromatic N) is 1. The minimum absolute atomic E-state index is 0.565. The summed E-state index contributed by atoms with van der Waals surface area (Å²) < 4.78 is 5.73. The zero-order valence-electron chi connectivity index (χ0n) is 12.4. The van der Waals surface area contributed by atoms with Crippen LogP contribution in [0.3, 0.4) is 0 Å². The van der Waals surface area contributed by atoms with Crippen LogP contribution in [0.15, 0.2) is 40.3 Å². The molecule has 1 saturated carbocycles. The van der Waals surface area contributed by atoms with Crippen LogP contribution in [0.1, 0.15) is 24.0 Å². The minimum atomic E-state index is 0.565. The largest absolute Gasteiger partial charge is 0.476 e. The van der Waals surface area contributed by atoms with Crippen LogP contribution in [0.5, 0.6) is 5.88 Å². The van der Waals surface area contributed by atoms with Crippen LogP contribution in [0.2, 0.25) is 0 Å². The Balaban J connectivity index is 1.74. The number of ether oxygens (including phenoxy) is 1. The lowest BCUT2D eigenvalue weighted by Gasteiger charge is -2.09. The van der Waals surface area contributed by atoms with E-state index in [1.54, 1.807) is 11.8 Å². The van der Waals surface area contributed by atoms with Crippen LogP contribution in [0.25, 0.3) is 0 Å². The van der Waals surface area contributed by atoms with E-state index in [-0.39, 0.29) is 0 Å². The molecule has 0 spiro atoms. The van der Waals surface area contributed by atoms with Gasteiger partial charge in [-0.2, -0.15) is 0 Å². The Labute approximate surface area is 129 Å². The van der Waals surface area contributed by atoms with Crippen molar-refractivity contribution in [3.05, 3.63) is 41.5 Å². The molecule has 2 aromatic rings. The number of hydrogen-bond donors (Lipinski definition) is 1. The van der Waals surface area contributed by atoms with E-state index in [1.165, 1.54) is 28.9 Å². The third-order valence-electron chi connectivity index (χ3n) is 3.72. The van der Waals surface area contributed by atoms with E-state index in [4.69, 9.17) is 10.5 Å². The molecule has 0 aliphatic heterocycles. The third-order valence-corrected chi connectivity index (χ3v) is 4.64. The van der Waals surface area contributed by atoms with E-state index in [1.807, 2.05) is 12.1 Å². The van der Waals surface area contributed by atoms with E-state index >= 15 is 0 Å². The maximum absolute atomic E-state index is 5.94. The zero-order chi connectivity index (χ0) is 14.8. The number of hydrogen-bond acceptors (Lipinski definition) is 4. The van der Waals surface area contributed by atoms with Crippen LogP contribution in [-0.2, 0) is 0 Å². The standard InChI is InChI=1S/C17H20N2OS/c1-11-3-6-14(9-12(11)2)21-16-8-7-15(18)17(19-16)20-10-13-4-5-13/h3,6-9,13H,4-5,10,18H2,1-2H3. The molecule has 3 nitrogen and oxygen atoms in total. The number of pyridine rings is 1. The van der Waals surface area contributed by atoms with E-state index < -0.39 is 0 Å². The van der Waals surface area contributed by atoms with E-state index in [0.717, 1.165) is 11.6 Å². The second-order valence-corrected chi connectivity index (χ2v) is 6.74. The molecule has 4 heteroatoms. The molecule has 0 bridgehead atoms. The molecule has 0 atom stereocenters. The van der Waals surface area contributed by atoms with Crippen LogP contribution >= 0.6 is 11.8 Å². The molecule has 2 N–H and O–H groups in total. The normalized spacial score (nSPS) is 14.2. The smallest absolute Gasteiger partial charge is 0.238 e. The van der Waals surface area contributed by atoms with Gasteiger partial charge in [-0.25, -0.2) is 4.98 Å². The zero-order valence-corrected chi connectivity index (χ0v) is 13.2. The van der Waals surface area contributed by atoms with E-state index in [2.05, 4.69) is 37.0 Å². The van der Waals surface area contributed by atoms with Gasteiger partial charge in [-0.15, -0.1) is 0 Å². The number of aryl methyl sites for hydroxylation is 2. The first kappa shape index (κ1) is 14.3. The fourth-order valence-electron chi connectivity index (χ4n) is 1.99. The van der Waals surface area contributed by atoms with Crippen molar-refractivity contribution >= 4 is 17.4 Å². The Morgan fingerprint density at radius 2 is 2.00 bits per heavy atom. The van der Waals surface area contributed by atoms with Gasteiger partial charge in [0, 0.05) is 4.90 Å². The molecule has 0 radical (unpaired) electrons. The molecule has 110 valence electrons. The number of nitrogens with two attached hydrogens (primary N) is 1. The minimum Gasteiger partial charge on any atom is -0.476 e. The first-order valence-corrected chi connectivity index (χ1v) is 8.08. The van der Waals surface area contributed by atoms with Crippen molar-refractivity contribution in [1.82, 2.24) is 4.98 Å². The van der Waals surface area contributed by atoms with Crippen molar-refractivity contribution in [2.24, 2.45) is 5.92 Å². The summed E-state index contributed by atoms with van der Waals surface area (Å²) in [6.07, 6.45) is 2.52. The first-order chi connectivity index (χ1) is 10.1. The SMILES string of the molecule is Cc1ccc(Sc2ccc(N)c(OCC3CC3)n2)cc1C. The Morgan fingerprint density at radius 3 is 2.71 bits per heavy atom. The number of anilines is 1. The fourth-order valence-corrected chi connectivity index (χ4v) is 2.86. The average molecular weight is 300 g/mol. The summed E-state index contributed by atoms with van der Waals surface area (Å²) in [4.78, 5) is 5.72. The number of nitrogen functional groups attached to an aromatic ring is 1. The van der Waals surface area contributed by atoms with Gasteiger partial charge in [-0.3, -0.25) is 0 Å². The molecule has 0 saturated heterocycles. The third kappa shape index (κ3) is 3.70. The van der Waals surface area contributed by atoms with Gasteiger partial charge < -0.3 is 10.5 Å². The maximum Gasteiger partial charge on any atom is 0.238 e. The summed E-state index contributed by atoms with van der Waals surface area (Å²) in [6, 6.07) is 10.3. The van der Waals surface area contributed by atoms with Crippen LogP contribution < -0.4 is 10.5 Å². The van der Waals surface area contributed by atoms with Crippen molar-refractivity contribution in [1.29, 1.82) is 0 Å². The highest BCUT2D eigenvalue weighted by Crippen LogP contribution is 2.33. The van der Waals surface area contributed by atoms with Gasteiger partial charge in [0.2, 0.25) is 5.88 Å². The Bertz CT molecular complexity index is 653. The molecule has 0 unspecified atom stereocenters. The summed E-state index contributed by atoms with van der Waals surface area (Å²) in [6.45, 7) is 4.98. The highest BCUT2D eigenvalue weighted by Gasteiger charge is 2.22. The Kier molecular flexibility index (Phi) is 4.06. The van der Waals surface area contributed by atoms with Gasteiger partial charge in [-0.05, 0) is 68.0 Å². The predicted octanol–water partition coefficient (Wildman–Crippen LogP) is 4.22. The molecule has 3 rings (SSSR count). The van der Waals surface area contributed by atoms with Gasteiger partial charge >= 0.3 is 0 Å². The van der Waals surface area contributed by atoms with Gasteiger partial charge in [0.15, 0.2) is 0 Å². The number of benzene rings is 1. The lowest BCUT2D eigenvalue weighted by atomic mass is 10.1. The molecule has 1 fully saturated rings. The molecule has 1 heterocycles. The summed E-state index contributed by atoms with van der Waals surface area (Å²) in [7, 11) is 0. The topological polar surface area (TPSA) is 48.1 Å². The second kappa shape index (κ2) is 5.98. The summed E-state index contributed by atoms with van der Waals surface area (Å²) in [5.41, 5.74) is 9.14. The molecule has 0 amide bonds. The molecule has 21 heavy (non-hydrogen) atoms.